The van der Waals surface area contributed by atoms with Gasteiger partial charge in [0.15, 0.2) is 5.78 Å². The van der Waals surface area contributed by atoms with E-state index in [4.69, 9.17) is 4.74 Å². The van der Waals surface area contributed by atoms with E-state index in [1.165, 1.54) is 25.4 Å². The zero-order chi connectivity index (χ0) is 17.9. The van der Waals surface area contributed by atoms with Crippen molar-refractivity contribution in [2.45, 2.75) is 33.3 Å². The zero-order valence-electron chi connectivity index (χ0n) is 14.3. The first-order valence-corrected chi connectivity index (χ1v) is 8.59. The van der Waals surface area contributed by atoms with Crippen molar-refractivity contribution in [1.82, 2.24) is 0 Å². The van der Waals surface area contributed by atoms with E-state index in [1.807, 2.05) is 38.1 Å². The molecule has 0 aliphatic carbocycles. The number of rotatable bonds is 6. The quantitative estimate of drug-likeness (QED) is 0.640. The molecule has 0 saturated carbocycles. The van der Waals surface area contributed by atoms with Crippen molar-refractivity contribution < 1.29 is 19.4 Å². The first kappa shape index (κ1) is 18.4. The standard InChI is InChI=1S/C19H22O4S/c1-11-5-6-14(9-15(11)10-20)18(12(2)19(22)23-4)17-8-7-16(24-17)13(3)21/h5-9,12,18,20H,10H2,1-4H3/t12-,18+/m0/s1. The number of aliphatic hydroxyl groups excluding tert-OH is 1. The Labute approximate surface area is 146 Å². The maximum Gasteiger partial charge on any atom is 0.309 e. The summed E-state index contributed by atoms with van der Waals surface area (Å²) in [4.78, 5) is 25.3. The highest BCUT2D eigenvalue weighted by Crippen LogP contribution is 2.37. The number of benzene rings is 1. The van der Waals surface area contributed by atoms with E-state index in [2.05, 4.69) is 0 Å². The van der Waals surface area contributed by atoms with Crippen molar-refractivity contribution in [2.75, 3.05) is 7.11 Å². The lowest BCUT2D eigenvalue weighted by Crippen LogP contribution is -2.21. The van der Waals surface area contributed by atoms with Crippen LogP contribution >= 0.6 is 11.3 Å². The van der Waals surface area contributed by atoms with E-state index in [9.17, 15) is 14.7 Å². The number of hydrogen-bond acceptors (Lipinski definition) is 5. The molecule has 0 aliphatic rings. The minimum Gasteiger partial charge on any atom is -0.469 e. The minimum atomic E-state index is -0.400. The summed E-state index contributed by atoms with van der Waals surface area (Å²) in [6.07, 6.45) is 0. The van der Waals surface area contributed by atoms with E-state index in [1.54, 1.807) is 6.07 Å². The molecule has 0 radical (unpaired) electrons. The third-order valence-corrected chi connectivity index (χ3v) is 5.53. The maximum absolute atomic E-state index is 12.1. The highest BCUT2D eigenvalue weighted by molar-refractivity contribution is 7.14. The van der Waals surface area contributed by atoms with E-state index >= 15 is 0 Å². The molecular weight excluding hydrogens is 324 g/mol. The maximum atomic E-state index is 12.1. The van der Waals surface area contributed by atoms with Crippen LogP contribution in [-0.4, -0.2) is 24.0 Å². The summed E-state index contributed by atoms with van der Waals surface area (Å²) in [6.45, 7) is 5.24. The molecule has 1 N–H and O–H groups in total. The van der Waals surface area contributed by atoms with Crippen molar-refractivity contribution in [1.29, 1.82) is 0 Å². The smallest absolute Gasteiger partial charge is 0.309 e. The Hall–Kier alpha value is -1.98. The summed E-state index contributed by atoms with van der Waals surface area (Å²) in [5, 5.41) is 9.53. The molecule has 0 saturated heterocycles. The van der Waals surface area contributed by atoms with Crippen LogP contribution in [0.2, 0.25) is 0 Å². The van der Waals surface area contributed by atoms with Crippen LogP contribution in [0.1, 0.15) is 51.0 Å². The second kappa shape index (κ2) is 7.73. The third kappa shape index (κ3) is 3.74. The molecule has 0 unspecified atom stereocenters. The number of thiophene rings is 1. The van der Waals surface area contributed by atoms with Crippen molar-refractivity contribution >= 4 is 23.1 Å². The fraction of sp³-hybridized carbons (Fsp3) is 0.368. The van der Waals surface area contributed by atoms with Crippen LogP contribution in [0.15, 0.2) is 30.3 Å². The van der Waals surface area contributed by atoms with Crippen molar-refractivity contribution in [3.63, 3.8) is 0 Å². The lowest BCUT2D eigenvalue weighted by molar-refractivity contribution is -0.145. The van der Waals surface area contributed by atoms with Gasteiger partial charge in [-0.15, -0.1) is 11.3 Å². The fourth-order valence-electron chi connectivity index (χ4n) is 2.79. The summed E-state index contributed by atoms with van der Waals surface area (Å²) in [5.74, 6) is -0.913. The van der Waals surface area contributed by atoms with Crippen LogP contribution < -0.4 is 0 Å². The number of ketones is 1. The molecule has 2 rings (SSSR count). The predicted molar refractivity (Wildman–Crippen MR) is 94.4 cm³/mol. The lowest BCUT2D eigenvalue weighted by atomic mass is 9.84. The summed E-state index contributed by atoms with van der Waals surface area (Å²) in [7, 11) is 1.37. The van der Waals surface area contributed by atoms with Gasteiger partial charge in [-0.3, -0.25) is 9.59 Å². The number of aryl methyl sites for hydroxylation is 1. The average Bonchev–Trinajstić information content (AvgIpc) is 3.05. The lowest BCUT2D eigenvalue weighted by Gasteiger charge is -2.22. The largest absolute Gasteiger partial charge is 0.469 e. The molecule has 1 heterocycles. The van der Waals surface area contributed by atoms with Crippen LogP contribution in [0.5, 0.6) is 0 Å². The molecule has 2 atom stereocenters. The molecule has 1 aromatic carbocycles. The van der Waals surface area contributed by atoms with Crippen LogP contribution in [0.25, 0.3) is 0 Å². The highest BCUT2D eigenvalue weighted by atomic mass is 32.1. The molecule has 128 valence electrons. The van der Waals surface area contributed by atoms with Gasteiger partial charge in [0.1, 0.15) is 0 Å². The number of esters is 1. The number of carbonyl (C=O) groups excluding carboxylic acids is 2. The van der Waals surface area contributed by atoms with Crippen LogP contribution in [0.4, 0.5) is 0 Å². The molecule has 1 aromatic heterocycles. The molecular formula is C19H22O4S. The normalized spacial score (nSPS) is 13.4. The fourth-order valence-corrected chi connectivity index (χ4v) is 3.92. The summed E-state index contributed by atoms with van der Waals surface area (Å²) in [5.41, 5.74) is 2.76. The number of ether oxygens (including phenoxy) is 1. The average molecular weight is 346 g/mol. The third-order valence-electron chi connectivity index (χ3n) is 4.26. The summed E-state index contributed by atoms with van der Waals surface area (Å²) < 4.78 is 4.92. The Kier molecular flexibility index (Phi) is 5.91. The molecule has 2 aromatic rings. The molecule has 5 heteroatoms. The first-order chi connectivity index (χ1) is 11.4. The molecule has 0 fully saturated rings. The molecule has 0 amide bonds. The van der Waals surface area contributed by atoms with Gasteiger partial charge < -0.3 is 9.84 Å². The number of methoxy groups -OCH3 is 1. The van der Waals surface area contributed by atoms with E-state index in [-0.39, 0.29) is 24.3 Å². The van der Waals surface area contributed by atoms with Crippen molar-refractivity contribution in [3.05, 3.63) is 56.8 Å². The number of Topliss-reactive ketones (excluding diaryl/α,β-unsaturated/α-hetero) is 1. The molecule has 0 spiro atoms. The number of hydrogen-bond donors (Lipinski definition) is 1. The summed E-state index contributed by atoms with van der Waals surface area (Å²) in [6, 6.07) is 9.51. The number of carbonyl (C=O) groups is 2. The Morgan fingerprint density at radius 3 is 2.50 bits per heavy atom. The summed E-state index contributed by atoms with van der Waals surface area (Å²) >= 11 is 1.40. The second-order valence-corrected chi connectivity index (χ2v) is 7.01. The highest BCUT2D eigenvalue weighted by Gasteiger charge is 2.29. The van der Waals surface area contributed by atoms with Crippen LogP contribution in [0.3, 0.4) is 0 Å². The van der Waals surface area contributed by atoms with Gasteiger partial charge >= 0.3 is 5.97 Å². The van der Waals surface area contributed by atoms with Gasteiger partial charge in [-0.1, -0.05) is 25.1 Å². The first-order valence-electron chi connectivity index (χ1n) is 7.77. The molecule has 0 aliphatic heterocycles. The molecule has 4 nitrogen and oxygen atoms in total. The van der Waals surface area contributed by atoms with Gasteiger partial charge in [-0.25, -0.2) is 0 Å². The SMILES string of the molecule is COC(=O)[C@@H](C)[C@H](c1ccc(C)c(CO)c1)c1ccc(C(C)=O)s1. The molecule has 24 heavy (non-hydrogen) atoms. The van der Waals surface area contributed by atoms with E-state index in [0.29, 0.717) is 4.88 Å². The Bertz CT molecular complexity index is 748. The predicted octanol–water partition coefficient (Wildman–Crippen LogP) is 3.69. The van der Waals surface area contributed by atoms with Crippen LogP contribution in [0, 0.1) is 12.8 Å². The van der Waals surface area contributed by atoms with Gasteiger partial charge in [0.2, 0.25) is 0 Å². The van der Waals surface area contributed by atoms with Gasteiger partial charge in [-0.2, -0.15) is 0 Å². The van der Waals surface area contributed by atoms with E-state index < -0.39 is 5.92 Å². The van der Waals surface area contributed by atoms with E-state index in [0.717, 1.165) is 21.6 Å². The Morgan fingerprint density at radius 2 is 1.96 bits per heavy atom. The van der Waals surface area contributed by atoms with Crippen molar-refractivity contribution in [3.8, 4) is 0 Å². The topological polar surface area (TPSA) is 63.6 Å². The minimum absolute atomic E-state index is 0.00988. The molecule has 0 bridgehead atoms. The van der Waals surface area contributed by atoms with Gasteiger partial charge in [0, 0.05) is 10.8 Å². The van der Waals surface area contributed by atoms with Crippen molar-refractivity contribution in [2.24, 2.45) is 5.92 Å². The number of aliphatic hydroxyl groups is 1. The van der Waals surface area contributed by atoms with Gasteiger partial charge in [0.05, 0.1) is 24.5 Å². The second-order valence-electron chi connectivity index (χ2n) is 5.89. The van der Waals surface area contributed by atoms with Gasteiger partial charge in [0.25, 0.3) is 0 Å². The van der Waals surface area contributed by atoms with Gasteiger partial charge in [-0.05, 0) is 42.7 Å². The monoisotopic (exact) mass is 346 g/mol. The van der Waals surface area contributed by atoms with Crippen LogP contribution in [-0.2, 0) is 16.1 Å². The Balaban J connectivity index is 2.53. The zero-order valence-corrected chi connectivity index (χ0v) is 15.1. The Morgan fingerprint density at radius 1 is 1.25 bits per heavy atom.